The zero-order chi connectivity index (χ0) is 20.8. The Morgan fingerprint density at radius 1 is 1.24 bits per heavy atom. The first-order valence-corrected chi connectivity index (χ1v) is 9.74. The topological polar surface area (TPSA) is 110 Å². The fraction of sp³-hybridized carbons (Fsp3) is 0.381. The average molecular weight is 399 g/mol. The number of likely N-dealkylation sites (N-methyl/N-ethyl adjacent to an activating group) is 1. The van der Waals surface area contributed by atoms with Gasteiger partial charge in [0.05, 0.1) is 43.1 Å². The van der Waals surface area contributed by atoms with Gasteiger partial charge >= 0.3 is 0 Å². The van der Waals surface area contributed by atoms with Crippen molar-refractivity contribution in [3.8, 4) is 0 Å². The largest absolute Gasteiger partial charge is 0.467 e. The summed E-state index contributed by atoms with van der Waals surface area (Å²) in [5.41, 5.74) is 6.38. The number of furan rings is 1. The van der Waals surface area contributed by atoms with Crippen LogP contribution in [0.25, 0.3) is 0 Å². The summed E-state index contributed by atoms with van der Waals surface area (Å²) in [5, 5.41) is 2.81. The van der Waals surface area contributed by atoms with Crippen LogP contribution in [0.3, 0.4) is 0 Å². The molecule has 1 aromatic heterocycles. The number of carbonyl (C=O) groups excluding carboxylic acids is 3. The molecule has 1 unspecified atom stereocenters. The van der Waals surface area contributed by atoms with Crippen LogP contribution in [0.5, 0.6) is 0 Å². The van der Waals surface area contributed by atoms with Crippen LogP contribution in [0.4, 0.5) is 5.69 Å². The first-order valence-electron chi connectivity index (χ1n) is 9.74. The van der Waals surface area contributed by atoms with E-state index >= 15 is 0 Å². The second-order valence-electron chi connectivity index (χ2n) is 7.35. The molecule has 2 aromatic rings. The van der Waals surface area contributed by atoms with Gasteiger partial charge in [0.1, 0.15) is 5.76 Å². The van der Waals surface area contributed by atoms with E-state index in [0.29, 0.717) is 23.6 Å². The first kappa shape index (κ1) is 20.6. The molecule has 3 amide bonds. The smallest absolute Gasteiger partial charge is 0.281 e. The van der Waals surface area contributed by atoms with E-state index in [4.69, 9.17) is 10.2 Å². The molecule has 2 heterocycles. The van der Waals surface area contributed by atoms with Gasteiger partial charge in [0, 0.05) is 7.05 Å². The Bertz CT molecular complexity index is 865. The van der Waals surface area contributed by atoms with Gasteiger partial charge in [-0.1, -0.05) is 12.1 Å². The Kier molecular flexibility index (Phi) is 6.66. The number of primary amides is 1. The molecular formula is C21H27N4O4+. The van der Waals surface area contributed by atoms with Gasteiger partial charge in [0.25, 0.3) is 11.8 Å². The van der Waals surface area contributed by atoms with Gasteiger partial charge in [0.15, 0.2) is 6.54 Å². The summed E-state index contributed by atoms with van der Waals surface area (Å²) in [7, 11) is 1.66. The Morgan fingerprint density at radius 3 is 2.76 bits per heavy atom. The molecular weight excluding hydrogens is 372 g/mol. The number of para-hydroxylation sites is 1. The number of benzene rings is 1. The highest BCUT2D eigenvalue weighted by Crippen LogP contribution is 2.19. The fourth-order valence-corrected chi connectivity index (χ4v) is 3.66. The van der Waals surface area contributed by atoms with E-state index < -0.39 is 0 Å². The number of piperidine rings is 1. The summed E-state index contributed by atoms with van der Waals surface area (Å²) in [4.78, 5) is 39.5. The summed E-state index contributed by atoms with van der Waals surface area (Å²) in [6, 6.07) is 10.5. The minimum Gasteiger partial charge on any atom is -0.467 e. The molecule has 154 valence electrons. The third-order valence-electron chi connectivity index (χ3n) is 5.31. The second kappa shape index (κ2) is 9.38. The highest BCUT2D eigenvalue weighted by Gasteiger charge is 2.30. The standard InChI is InChI=1S/C21H26N4O4/c1-24(19(26)14-25-10-4-6-15(13-25)20(22)27)18-9-3-2-8-17(18)21(28)23-12-16-7-5-11-29-16/h2-3,5,7-9,11,15H,4,6,10,12-14H2,1H3,(H2,22,27)(H,23,28)/p+1/t15-/m1/s1. The number of nitrogens with two attached hydrogens (primary N) is 1. The van der Waals surface area contributed by atoms with Crippen molar-refractivity contribution in [2.75, 3.05) is 31.6 Å². The summed E-state index contributed by atoms with van der Waals surface area (Å²) in [6.07, 6.45) is 3.20. The van der Waals surface area contributed by atoms with Crippen molar-refractivity contribution in [2.45, 2.75) is 19.4 Å². The van der Waals surface area contributed by atoms with Gasteiger partial charge in [0.2, 0.25) is 5.91 Å². The number of nitrogens with one attached hydrogen (secondary N) is 2. The van der Waals surface area contributed by atoms with E-state index in [2.05, 4.69) is 5.32 Å². The average Bonchev–Trinajstić information content (AvgIpc) is 3.25. The molecule has 0 aliphatic carbocycles. The van der Waals surface area contributed by atoms with Crippen LogP contribution in [0.1, 0.15) is 29.0 Å². The summed E-state index contributed by atoms with van der Waals surface area (Å²) in [5.74, 6) is -0.233. The zero-order valence-electron chi connectivity index (χ0n) is 16.5. The molecule has 0 saturated carbocycles. The van der Waals surface area contributed by atoms with Gasteiger partial charge in [-0.2, -0.15) is 0 Å². The van der Waals surface area contributed by atoms with Crippen molar-refractivity contribution >= 4 is 23.4 Å². The molecule has 8 nitrogen and oxygen atoms in total. The Balaban J connectivity index is 1.65. The summed E-state index contributed by atoms with van der Waals surface area (Å²) in [6.45, 7) is 1.92. The van der Waals surface area contributed by atoms with Gasteiger partial charge in [-0.05, 0) is 37.1 Å². The van der Waals surface area contributed by atoms with Crippen LogP contribution in [-0.2, 0) is 16.1 Å². The molecule has 0 bridgehead atoms. The van der Waals surface area contributed by atoms with Crippen LogP contribution >= 0.6 is 0 Å². The van der Waals surface area contributed by atoms with Crippen LogP contribution in [0.2, 0.25) is 0 Å². The third-order valence-corrected chi connectivity index (χ3v) is 5.31. The Labute approximate surface area is 169 Å². The van der Waals surface area contributed by atoms with Crippen molar-refractivity contribution in [1.82, 2.24) is 5.32 Å². The van der Waals surface area contributed by atoms with E-state index in [1.54, 1.807) is 49.7 Å². The Morgan fingerprint density at radius 2 is 2.03 bits per heavy atom. The number of anilines is 1. The highest BCUT2D eigenvalue weighted by molar-refractivity contribution is 6.04. The maximum absolute atomic E-state index is 12.8. The maximum Gasteiger partial charge on any atom is 0.281 e. The van der Waals surface area contributed by atoms with Crippen LogP contribution in [-0.4, -0.2) is 44.4 Å². The SMILES string of the molecule is CN(C(=O)C[NH+]1CCC[C@@H](C(N)=O)C1)c1ccccc1C(=O)NCc1ccco1. The van der Waals surface area contributed by atoms with Crippen LogP contribution in [0, 0.1) is 5.92 Å². The number of quaternary nitrogens is 1. The predicted molar refractivity (Wildman–Crippen MR) is 107 cm³/mol. The van der Waals surface area contributed by atoms with Crippen molar-refractivity contribution in [2.24, 2.45) is 11.7 Å². The lowest BCUT2D eigenvalue weighted by atomic mass is 9.97. The van der Waals surface area contributed by atoms with Crippen LogP contribution < -0.4 is 20.9 Å². The van der Waals surface area contributed by atoms with Gasteiger partial charge in [-0.25, -0.2) is 0 Å². The van der Waals surface area contributed by atoms with Crippen molar-refractivity contribution in [3.63, 3.8) is 0 Å². The summed E-state index contributed by atoms with van der Waals surface area (Å²) < 4.78 is 5.23. The number of nitrogens with zero attached hydrogens (tertiary/aromatic N) is 1. The lowest BCUT2D eigenvalue weighted by Crippen LogP contribution is -3.15. The van der Waals surface area contributed by atoms with Crippen molar-refractivity contribution in [3.05, 3.63) is 54.0 Å². The number of hydrogen-bond donors (Lipinski definition) is 3. The van der Waals surface area contributed by atoms with Gasteiger partial charge < -0.3 is 25.3 Å². The molecule has 29 heavy (non-hydrogen) atoms. The van der Waals surface area contributed by atoms with Crippen molar-refractivity contribution in [1.29, 1.82) is 0 Å². The molecule has 0 radical (unpaired) electrons. The van der Waals surface area contributed by atoms with E-state index in [-0.39, 0.29) is 36.7 Å². The maximum atomic E-state index is 12.8. The molecule has 1 aliphatic heterocycles. The van der Waals surface area contributed by atoms with E-state index in [0.717, 1.165) is 24.3 Å². The lowest BCUT2D eigenvalue weighted by Gasteiger charge is -2.29. The first-order chi connectivity index (χ1) is 14.0. The fourth-order valence-electron chi connectivity index (χ4n) is 3.66. The Hall–Kier alpha value is -3.13. The third kappa shape index (κ3) is 5.23. The number of likely N-dealkylation sites (tertiary alicyclic amines) is 1. The number of amides is 3. The molecule has 2 atom stereocenters. The molecule has 1 aromatic carbocycles. The number of hydrogen-bond acceptors (Lipinski definition) is 4. The normalized spacial score (nSPS) is 18.8. The molecule has 4 N–H and O–H groups in total. The highest BCUT2D eigenvalue weighted by atomic mass is 16.3. The monoisotopic (exact) mass is 399 g/mol. The van der Waals surface area contributed by atoms with E-state index in [9.17, 15) is 14.4 Å². The predicted octanol–water partition coefficient (Wildman–Crippen LogP) is -0.0474. The van der Waals surface area contributed by atoms with Gasteiger partial charge in [-0.3, -0.25) is 14.4 Å². The van der Waals surface area contributed by atoms with E-state index in [1.165, 1.54) is 4.90 Å². The van der Waals surface area contributed by atoms with Crippen LogP contribution in [0.15, 0.2) is 47.1 Å². The van der Waals surface area contributed by atoms with Crippen molar-refractivity contribution < 1.29 is 23.7 Å². The summed E-state index contributed by atoms with van der Waals surface area (Å²) >= 11 is 0. The number of carbonyl (C=O) groups is 3. The molecule has 1 fully saturated rings. The zero-order valence-corrected chi connectivity index (χ0v) is 16.5. The second-order valence-corrected chi connectivity index (χ2v) is 7.35. The molecule has 1 aliphatic rings. The number of rotatable bonds is 7. The quantitative estimate of drug-likeness (QED) is 0.606. The van der Waals surface area contributed by atoms with E-state index in [1.807, 2.05) is 0 Å². The minimum absolute atomic E-state index is 0.114. The lowest BCUT2D eigenvalue weighted by molar-refractivity contribution is -0.899. The molecule has 8 heteroatoms. The minimum atomic E-state index is -0.304. The molecule has 3 rings (SSSR count). The molecule has 1 saturated heterocycles. The van der Waals surface area contributed by atoms with Gasteiger partial charge in [-0.15, -0.1) is 0 Å². The molecule has 0 spiro atoms.